The molecule has 1 aromatic heterocycles. The van der Waals surface area contributed by atoms with Crippen LogP contribution >= 0.6 is 22.9 Å². The fourth-order valence-electron chi connectivity index (χ4n) is 3.32. The Balaban J connectivity index is 1.53. The van der Waals surface area contributed by atoms with Gasteiger partial charge in [0, 0.05) is 21.9 Å². The van der Waals surface area contributed by atoms with Crippen molar-refractivity contribution in [2.45, 2.75) is 33.3 Å². The van der Waals surface area contributed by atoms with Crippen molar-refractivity contribution in [3.8, 4) is 28.1 Å². The van der Waals surface area contributed by atoms with E-state index in [4.69, 9.17) is 21.3 Å². The van der Waals surface area contributed by atoms with Gasteiger partial charge in [0.1, 0.15) is 12.4 Å². The molecule has 4 aromatic rings. The molecular weight excluding hydrogens is 410 g/mol. The van der Waals surface area contributed by atoms with Gasteiger partial charge in [-0.1, -0.05) is 67.9 Å². The molecule has 4 rings (SSSR count). The van der Waals surface area contributed by atoms with E-state index in [1.807, 2.05) is 42.5 Å². The zero-order valence-corrected chi connectivity index (χ0v) is 18.9. The van der Waals surface area contributed by atoms with Crippen molar-refractivity contribution >= 4 is 22.9 Å². The summed E-state index contributed by atoms with van der Waals surface area (Å²) in [4.78, 5) is 4.79. The summed E-state index contributed by atoms with van der Waals surface area (Å²) in [6.07, 6.45) is 0. The quantitative estimate of drug-likeness (QED) is 0.306. The molecule has 152 valence electrons. The van der Waals surface area contributed by atoms with E-state index in [1.165, 1.54) is 16.7 Å². The molecule has 0 saturated carbocycles. The van der Waals surface area contributed by atoms with Crippen LogP contribution in [-0.4, -0.2) is 4.98 Å². The van der Waals surface area contributed by atoms with Crippen LogP contribution in [0.4, 0.5) is 0 Å². The maximum absolute atomic E-state index is 6.24. The summed E-state index contributed by atoms with van der Waals surface area (Å²) >= 11 is 7.71. The number of aromatic nitrogens is 1. The Morgan fingerprint density at radius 2 is 1.70 bits per heavy atom. The van der Waals surface area contributed by atoms with Gasteiger partial charge in [-0.15, -0.1) is 11.3 Å². The molecule has 4 heteroatoms. The molecule has 0 fully saturated rings. The van der Waals surface area contributed by atoms with Crippen LogP contribution in [0.3, 0.4) is 0 Å². The second-order valence-corrected chi connectivity index (χ2v) is 8.98. The highest BCUT2D eigenvalue weighted by molar-refractivity contribution is 7.10. The number of hydrogen-bond donors (Lipinski definition) is 0. The minimum Gasteiger partial charge on any atom is -0.488 e. The van der Waals surface area contributed by atoms with E-state index in [9.17, 15) is 0 Å². The molecule has 0 bridgehead atoms. The predicted octanol–water partition coefficient (Wildman–Crippen LogP) is 8.14. The molecule has 0 aliphatic rings. The first-order chi connectivity index (χ1) is 14.5. The topological polar surface area (TPSA) is 22.1 Å². The van der Waals surface area contributed by atoms with Gasteiger partial charge in [-0.2, -0.15) is 0 Å². The van der Waals surface area contributed by atoms with Crippen LogP contribution in [-0.2, 0) is 6.61 Å². The lowest BCUT2D eigenvalue weighted by Crippen LogP contribution is -1.99. The maximum atomic E-state index is 6.24. The van der Waals surface area contributed by atoms with Crippen LogP contribution in [0.2, 0.25) is 5.02 Å². The molecule has 0 N–H and O–H groups in total. The molecule has 0 spiro atoms. The summed E-state index contributed by atoms with van der Waals surface area (Å²) in [5, 5.41) is 4.01. The summed E-state index contributed by atoms with van der Waals surface area (Å²) in [5.41, 5.74) is 6.73. The van der Waals surface area contributed by atoms with E-state index in [0.29, 0.717) is 12.5 Å². The summed E-state index contributed by atoms with van der Waals surface area (Å²) < 4.78 is 6.24. The minimum atomic E-state index is 0.429. The molecule has 0 saturated heterocycles. The summed E-state index contributed by atoms with van der Waals surface area (Å²) in [6, 6.07) is 22.5. The van der Waals surface area contributed by atoms with Gasteiger partial charge >= 0.3 is 0 Å². The Kier molecular flexibility index (Phi) is 6.21. The summed E-state index contributed by atoms with van der Waals surface area (Å²) in [6.45, 7) is 6.98. The predicted molar refractivity (Wildman–Crippen MR) is 128 cm³/mol. The monoisotopic (exact) mass is 433 g/mol. The number of benzene rings is 3. The molecule has 0 aliphatic heterocycles. The summed E-state index contributed by atoms with van der Waals surface area (Å²) in [7, 11) is 0. The molecule has 0 atom stereocenters. The van der Waals surface area contributed by atoms with Crippen molar-refractivity contribution in [1.29, 1.82) is 0 Å². The number of para-hydroxylation sites is 1. The van der Waals surface area contributed by atoms with Gasteiger partial charge in [0.05, 0.1) is 10.7 Å². The van der Waals surface area contributed by atoms with Gasteiger partial charge in [0.2, 0.25) is 0 Å². The molecule has 0 amide bonds. The zero-order chi connectivity index (χ0) is 21.1. The van der Waals surface area contributed by atoms with Gasteiger partial charge < -0.3 is 4.74 Å². The highest BCUT2D eigenvalue weighted by Gasteiger charge is 2.12. The minimum absolute atomic E-state index is 0.429. The highest BCUT2D eigenvalue weighted by atomic mass is 35.5. The number of halogens is 1. The third-order valence-corrected chi connectivity index (χ3v) is 6.48. The van der Waals surface area contributed by atoms with E-state index in [1.54, 1.807) is 11.3 Å². The Bertz CT molecular complexity index is 1150. The number of nitrogens with zero attached hydrogens (tertiary/aromatic N) is 1. The first-order valence-electron chi connectivity index (χ1n) is 10.0. The van der Waals surface area contributed by atoms with Crippen LogP contribution in [0.15, 0.2) is 72.1 Å². The van der Waals surface area contributed by atoms with E-state index < -0.39 is 0 Å². The fourth-order valence-corrected chi connectivity index (χ4v) is 4.28. The second kappa shape index (κ2) is 9.03. The number of ether oxygens (including phenoxy) is 1. The highest BCUT2D eigenvalue weighted by Crippen LogP contribution is 2.33. The summed E-state index contributed by atoms with van der Waals surface area (Å²) in [5.74, 6) is 1.29. The first kappa shape index (κ1) is 20.6. The Hall–Kier alpha value is -2.62. The standard InChI is InChI=1S/C26H24ClNOS/c1-17(2)26-28-24(16-30-26)23-6-4-5-7-25(23)29-15-21-9-8-20(14-18(21)3)19-10-12-22(27)13-11-19/h4-14,16-17H,15H2,1-3H3. The first-order valence-corrected chi connectivity index (χ1v) is 11.3. The van der Waals surface area contributed by atoms with Crippen molar-refractivity contribution in [2.24, 2.45) is 0 Å². The molecule has 0 unspecified atom stereocenters. The van der Waals surface area contributed by atoms with Crippen molar-refractivity contribution in [3.05, 3.63) is 93.3 Å². The number of thiazole rings is 1. The molecule has 2 nitrogen and oxygen atoms in total. The lowest BCUT2D eigenvalue weighted by Gasteiger charge is -2.13. The van der Waals surface area contributed by atoms with Gasteiger partial charge in [0.25, 0.3) is 0 Å². The third-order valence-electron chi connectivity index (χ3n) is 5.08. The normalized spacial score (nSPS) is 11.1. The Morgan fingerprint density at radius 3 is 2.40 bits per heavy atom. The van der Waals surface area contributed by atoms with Crippen molar-refractivity contribution in [3.63, 3.8) is 0 Å². The molecule has 30 heavy (non-hydrogen) atoms. The third kappa shape index (κ3) is 4.58. The number of rotatable bonds is 6. The maximum Gasteiger partial charge on any atom is 0.129 e. The molecule has 0 aliphatic carbocycles. The smallest absolute Gasteiger partial charge is 0.129 e. The number of hydrogen-bond acceptors (Lipinski definition) is 3. The number of aryl methyl sites for hydroxylation is 1. The lowest BCUT2D eigenvalue weighted by atomic mass is 10.0. The molecule has 0 radical (unpaired) electrons. The van der Waals surface area contributed by atoms with Gasteiger partial charge in [0.15, 0.2) is 0 Å². The van der Waals surface area contributed by atoms with Crippen LogP contribution in [0, 0.1) is 6.92 Å². The average molecular weight is 434 g/mol. The molecular formula is C26H24ClNOS. The van der Waals surface area contributed by atoms with E-state index >= 15 is 0 Å². The molecule has 3 aromatic carbocycles. The van der Waals surface area contributed by atoms with E-state index in [0.717, 1.165) is 32.6 Å². The van der Waals surface area contributed by atoms with Gasteiger partial charge in [-0.25, -0.2) is 4.98 Å². The Morgan fingerprint density at radius 1 is 0.967 bits per heavy atom. The second-order valence-electron chi connectivity index (χ2n) is 7.66. The van der Waals surface area contributed by atoms with Crippen molar-refractivity contribution in [2.75, 3.05) is 0 Å². The zero-order valence-electron chi connectivity index (χ0n) is 17.4. The van der Waals surface area contributed by atoms with Crippen LogP contribution < -0.4 is 4.74 Å². The van der Waals surface area contributed by atoms with Crippen LogP contribution in [0.25, 0.3) is 22.4 Å². The van der Waals surface area contributed by atoms with Crippen LogP contribution in [0.1, 0.15) is 35.9 Å². The van der Waals surface area contributed by atoms with Crippen molar-refractivity contribution < 1.29 is 4.74 Å². The van der Waals surface area contributed by atoms with Crippen LogP contribution in [0.5, 0.6) is 5.75 Å². The van der Waals surface area contributed by atoms with E-state index in [-0.39, 0.29) is 0 Å². The largest absolute Gasteiger partial charge is 0.488 e. The fraction of sp³-hybridized carbons (Fsp3) is 0.192. The lowest BCUT2D eigenvalue weighted by molar-refractivity contribution is 0.306. The SMILES string of the molecule is Cc1cc(-c2ccc(Cl)cc2)ccc1COc1ccccc1-c1csc(C(C)C)n1. The average Bonchev–Trinajstić information content (AvgIpc) is 3.24. The van der Waals surface area contributed by atoms with Crippen molar-refractivity contribution in [1.82, 2.24) is 4.98 Å². The van der Waals surface area contributed by atoms with E-state index in [2.05, 4.69) is 50.4 Å². The van der Waals surface area contributed by atoms with Gasteiger partial charge in [-0.05, 0) is 53.4 Å². The Labute approximate surface area is 187 Å². The molecule has 1 heterocycles. The van der Waals surface area contributed by atoms with Gasteiger partial charge in [-0.3, -0.25) is 0 Å².